The Morgan fingerprint density at radius 3 is 0.805 bits per heavy atom. The van der Waals surface area contributed by atoms with Gasteiger partial charge in [-0.25, -0.2) is 4.98 Å². The molecule has 16 aliphatic carbocycles. The van der Waals surface area contributed by atoms with Crippen LogP contribution in [-0.4, -0.2) is 15.2 Å². The number of benzene rings is 6. The van der Waals surface area contributed by atoms with Crippen LogP contribution in [0.1, 0.15) is 187 Å². The molecule has 0 radical (unpaired) electrons. The number of hydrogen-bond acceptors (Lipinski definition) is 3. The molecule has 0 aliphatic heterocycles. The van der Waals surface area contributed by atoms with Crippen LogP contribution < -0.4 is 0 Å². The number of pyridine rings is 1. The van der Waals surface area contributed by atoms with E-state index >= 15 is 0 Å². The molecule has 4 heteroatoms. The number of phenolic OH excluding ortho intramolecular Hbond substituents is 2. The molecule has 16 bridgehead atoms. The van der Waals surface area contributed by atoms with Crippen molar-refractivity contribution in [3.8, 4) is 56.3 Å². The van der Waals surface area contributed by atoms with Crippen molar-refractivity contribution in [2.45, 2.75) is 176 Å². The molecule has 1 aromatic heterocycles. The predicted molar refractivity (Wildman–Crippen MR) is 351 cm³/mol. The van der Waals surface area contributed by atoms with Gasteiger partial charge in [0.1, 0.15) is 11.5 Å². The predicted octanol–water partition coefficient (Wildman–Crippen LogP) is 20.8. The average Bonchev–Trinajstić information content (AvgIpc) is 0.757. The van der Waals surface area contributed by atoms with Gasteiger partial charge in [0.2, 0.25) is 0 Å². The minimum Gasteiger partial charge on any atom is -0.507 e. The summed E-state index contributed by atoms with van der Waals surface area (Å²) in [6.45, 7) is 7.44. The molecule has 0 atom stereocenters. The van der Waals surface area contributed by atoms with Gasteiger partial charge in [-0.3, -0.25) is 0 Å². The Labute approximate surface area is 539 Å². The van der Waals surface area contributed by atoms with Crippen LogP contribution in [0.15, 0.2) is 152 Å². The van der Waals surface area contributed by atoms with Gasteiger partial charge in [-0.1, -0.05) is 78.9 Å². The fourth-order valence-electron chi connectivity index (χ4n) is 24.5. The Kier molecular flexibility index (Phi) is 14.4. The van der Waals surface area contributed by atoms with Crippen LogP contribution in [0.2, 0.25) is 0 Å². The number of aromatic hydroxyl groups is 2. The molecule has 1 heterocycles. The van der Waals surface area contributed by atoms with Gasteiger partial charge in [-0.2, -0.15) is 49.2 Å². The van der Waals surface area contributed by atoms with Crippen molar-refractivity contribution in [3.63, 3.8) is 0 Å². The summed E-state index contributed by atoms with van der Waals surface area (Å²) in [6.07, 6.45) is 32.6. The minimum absolute atomic E-state index is 0. The molecule has 3 nitrogen and oxygen atoms in total. The quantitative estimate of drug-likeness (QED) is 0.149. The second kappa shape index (κ2) is 22.0. The zero-order chi connectivity index (χ0) is 57.5. The molecule has 0 saturated heterocycles. The van der Waals surface area contributed by atoms with E-state index in [9.17, 15) is 10.2 Å². The third-order valence-electron chi connectivity index (χ3n) is 26.2. The maximum Gasteiger partial charge on any atom is 0.127 e. The van der Waals surface area contributed by atoms with E-state index < -0.39 is 0 Å². The van der Waals surface area contributed by atoms with Crippen molar-refractivity contribution < 1.29 is 36.4 Å². The maximum atomic E-state index is 13.1. The molecule has 0 amide bonds. The zero-order valence-electron chi connectivity index (χ0n) is 51.6. The third kappa shape index (κ3) is 10.1. The Morgan fingerprint density at radius 2 is 0.540 bits per heavy atom. The molecule has 0 spiro atoms. The van der Waals surface area contributed by atoms with E-state index in [0.29, 0.717) is 11.5 Å². The van der Waals surface area contributed by atoms with E-state index in [1.807, 2.05) is 60.7 Å². The molecule has 6 aromatic carbocycles. The first-order valence-electron chi connectivity index (χ1n) is 34.6. The monoisotopic (exact) mass is 1220 g/mol. The second-order valence-corrected chi connectivity index (χ2v) is 32.1. The SMILES string of the molecule is Oc1c(-c2ccccc2-c2cccc(-c3ccccc3-c3cc(C45CC6CC(CC(C6)C4)C5)cc(C45CC6CC(CC(C6)C4)C5)c3O)n2)cc(C23CC4CC(CC(C4)C2)C3)cc1C12CC3CC(CC(C3)C1)C2.[CH2-]c1ccccc1.[CH2-]c1ccccc1.[Zr]. The van der Waals surface area contributed by atoms with E-state index in [1.165, 1.54) is 165 Å². The molecule has 23 rings (SSSR count). The Morgan fingerprint density at radius 1 is 0.287 bits per heavy atom. The Hall–Kier alpha value is -5.31. The van der Waals surface area contributed by atoms with Gasteiger partial charge in [0.05, 0.1) is 11.4 Å². The Balaban J connectivity index is 0.000000362. The number of aromatic nitrogens is 1. The number of nitrogens with zero attached hydrogens (tertiary/aromatic N) is 1. The van der Waals surface area contributed by atoms with Crippen molar-refractivity contribution in [1.29, 1.82) is 0 Å². The molecule has 16 aliphatic rings. The van der Waals surface area contributed by atoms with E-state index in [-0.39, 0.29) is 47.9 Å². The van der Waals surface area contributed by atoms with Gasteiger partial charge in [0, 0.05) is 59.6 Å². The fraction of sp³-hybridized carbons (Fsp3) is 0.482. The molecular formula is C83H91NO2Zr-2. The zero-order valence-corrected chi connectivity index (χ0v) is 54.0. The first kappa shape index (κ1) is 56.9. The molecule has 446 valence electrons. The number of phenols is 2. The van der Waals surface area contributed by atoms with Crippen molar-refractivity contribution in [3.05, 3.63) is 199 Å². The first-order chi connectivity index (χ1) is 41.9. The fourth-order valence-corrected chi connectivity index (χ4v) is 24.5. The number of rotatable bonds is 8. The largest absolute Gasteiger partial charge is 0.507 e. The summed E-state index contributed by atoms with van der Waals surface area (Å²) in [4.78, 5) is 5.69. The van der Waals surface area contributed by atoms with Crippen LogP contribution in [0.25, 0.3) is 44.8 Å². The molecule has 0 unspecified atom stereocenters. The summed E-state index contributed by atoms with van der Waals surface area (Å²) >= 11 is 0. The molecular weight excluding hydrogens is 1130 g/mol. The summed E-state index contributed by atoms with van der Waals surface area (Å²) in [5.41, 5.74) is 16.9. The van der Waals surface area contributed by atoms with Gasteiger partial charge < -0.3 is 10.2 Å². The average molecular weight is 1230 g/mol. The molecule has 7 aromatic rings. The van der Waals surface area contributed by atoms with E-state index in [1.54, 1.807) is 11.1 Å². The topological polar surface area (TPSA) is 53.4 Å². The van der Waals surface area contributed by atoms with Gasteiger partial charge >= 0.3 is 0 Å². The molecule has 87 heavy (non-hydrogen) atoms. The second-order valence-electron chi connectivity index (χ2n) is 32.1. The smallest absolute Gasteiger partial charge is 0.127 e. The van der Waals surface area contributed by atoms with Gasteiger partial charge in [0.25, 0.3) is 0 Å². The van der Waals surface area contributed by atoms with Crippen LogP contribution in [-0.2, 0) is 47.9 Å². The third-order valence-corrected chi connectivity index (χ3v) is 26.2. The van der Waals surface area contributed by atoms with Gasteiger partial charge in [-0.15, -0.1) is 24.3 Å². The van der Waals surface area contributed by atoms with Crippen molar-refractivity contribution in [2.75, 3.05) is 0 Å². The van der Waals surface area contributed by atoms with Crippen LogP contribution in [0, 0.1) is 84.9 Å². The van der Waals surface area contributed by atoms with Crippen LogP contribution in [0.3, 0.4) is 0 Å². The summed E-state index contributed by atoms with van der Waals surface area (Å²) < 4.78 is 0. The Bertz CT molecular complexity index is 3330. The van der Waals surface area contributed by atoms with Crippen LogP contribution in [0.5, 0.6) is 11.5 Å². The normalized spacial score (nSPS) is 36.1. The van der Waals surface area contributed by atoms with Crippen LogP contribution >= 0.6 is 0 Å². The standard InChI is InChI=1S/C69H77NO2.2C7H7.Zr/c71-64-58(24-52(66-28-40-12-41(29-66)14-42(13-40)30-66)26-60(64)68-34-46-18-47(35-68)20-48(19-46)36-68)54-6-1-3-8-56(54)62-10-5-11-63(70-62)57-9-4-2-7-55(57)59-25-53(67-31-43-15-44(32-67)17-45(16-43)33-67)27-61(65(59)72)69-37-49-21-50(38-69)23-51(22-49)39-69;2*1-7-5-3-2-4-6-7;/h1-11,24-27,40-51,71-72H,12-23,28-39H2;2*2-6H,1H2;/q;2*-1;. The summed E-state index contributed by atoms with van der Waals surface area (Å²) in [5.74, 6) is 11.2. The van der Waals surface area contributed by atoms with Gasteiger partial charge in [-0.05, 0) is 293 Å². The summed E-state index contributed by atoms with van der Waals surface area (Å²) in [5, 5.41) is 26.3. The summed E-state index contributed by atoms with van der Waals surface area (Å²) in [6, 6.07) is 54.5. The van der Waals surface area contributed by atoms with E-state index in [2.05, 4.69) is 105 Å². The maximum absolute atomic E-state index is 13.1. The molecule has 2 N–H and O–H groups in total. The van der Waals surface area contributed by atoms with E-state index in [4.69, 9.17) is 4.98 Å². The first-order valence-corrected chi connectivity index (χ1v) is 34.6. The molecule has 16 fully saturated rings. The number of hydrogen-bond donors (Lipinski definition) is 2. The van der Waals surface area contributed by atoms with E-state index in [0.717, 1.165) is 127 Å². The molecule has 16 saturated carbocycles. The minimum atomic E-state index is 0. The van der Waals surface area contributed by atoms with Crippen molar-refractivity contribution >= 4 is 0 Å². The summed E-state index contributed by atoms with van der Waals surface area (Å²) in [7, 11) is 0. The van der Waals surface area contributed by atoms with Gasteiger partial charge in [0.15, 0.2) is 0 Å². The van der Waals surface area contributed by atoms with Crippen molar-refractivity contribution in [2.24, 2.45) is 71.0 Å². The van der Waals surface area contributed by atoms with Crippen LogP contribution in [0.4, 0.5) is 0 Å². The van der Waals surface area contributed by atoms with Crippen molar-refractivity contribution in [1.82, 2.24) is 4.98 Å².